The molecule has 3 nitrogen and oxygen atoms in total. The number of benzene rings is 2. The van der Waals surface area contributed by atoms with Crippen molar-refractivity contribution in [2.24, 2.45) is 0 Å². The topological polar surface area (TPSA) is 46.2 Å². The lowest BCUT2D eigenvalue weighted by atomic mass is 10.1. The number of hydrogen-bond donors (Lipinski definition) is 1. The van der Waals surface area contributed by atoms with Crippen LogP contribution in [0.25, 0.3) is 0 Å². The van der Waals surface area contributed by atoms with Gasteiger partial charge in [-0.3, -0.25) is 9.59 Å². The molecule has 0 spiro atoms. The van der Waals surface area contributed by atoms with Crippen LogP contribution in [0.15, 0.2) is 54.6 Å². The van der Waals surface area contributed by atoms with E-state index in [1.165, 1.54) is 6.92 Å². The molecule has 0 aliphatic carbocycles. The van der Waals surface area contributed by atoms with Gasteiger partial charge in [0.1, 0.15) is 0 Å². The van der Waals surface area contributed by atoms with E-state index in [9.17, 15) is 9.59 Å². The molecule has 0 aliphatic heterocycles. The van der Waals surface area contributed by atoms with Gasteiger partial charge in [0.2, 0.25) is 0 Å². The van der Waals surface area contributed by atoms with E-state index in [-0.39, 0.29) is 18.2 Å². The zero-order valence-corrected chi connectivity index (χ0v) is 11.7. The average molecular weight is 277 g/mol. The molecular weight excluding hydrogens is 262 g/mol. The van der Waals surface area contributed by atoms with Crippen molar-refractivity contribution in [1.82, 2.24) is 5.32 Å². The summed E-state index contributed by atoms with van der Waals surface area (Å²) in [5.74, 6) is 5.72. The van der Waals surface area contributed by atoms with Crippen LogP contribution in [0.2, 0.25) is 0 Å². The monoisotopic (exact) mass is 277 g/mol. The van der Waals surface area contributed by atoms with Crippen LogP contribution >= 0.6 is 0 Å². The van der Waals surface area contributed by atoms with Gasteiger partial charge in [-0.15, -0.1) is 0 Å². The fourth-order valence-corrected chi connectivity index (χ4v) is 1.75. The molecule has 104 valence electrons. The molecule has 2 aromatic carbocycles. The number of ketones is 1. The average Bonchev–Trinajstić information content (AvgIpc) is 2.52. The molecule has 21 heavy (non-hydrogen) atoms. The Morgan fingerprint density at radius 2 is 1.62 bits per heavy atom. The smallest absolute Gasteiger partial charge is 0.252 e. The number of hydrogen-bond acceptors (Lipinski definition) is 2. The highest BCUT2D eigenvalue weighted by Gasteiger charge is 2.01. The Morgan fingerprint density at radius 1 is 0.952 bits per heavy atom. The quantitative estimate of drug-likeness (QED) is 0.692. The number of rotatable bonds is 3. The van der Waals surface area contributed by atoms with Crippen LogP contribution in [-0.2, 0) is 0 Å². The van der Waals surface area contributed by atoms with Crippen LogP contribution in [0.3, 0.4) is 0 Å². The van der Waals surface area contributed by atoms with E-state index in [2.05, 4.69) is 17.2 Å². The standard InChI is InChI=1S/C18H15NO2/c1-14(20)16-11-9-15(10-12-16)6-5-13-19-18(21)17-7-3-2-4-8-17/h2-4,7-12H,13H2,1H3,(H,19,21). The first-order valence-corrected chi connectivity index (χ1v) is 6.60. The SMILES string of the molecule is CC(=O)c1ccc(C#CCNC(=O)c2ccccc2)cc1. The minimum Gasteiger partial charge on any atom is -0.341 e. The third-order valence-corrected chi connectivity index (χ3v) is 2.90. The van der Waals surface area contributed by atoms with E-state index < -0.39 is 0 Å². The zero-order valence-electron chi connectivity index (χ0n) is 11.7. The maximum absolute atomic E-state index is 11.8. The van der Waals surface area contributed by atoms with E-state index in [0.29, 0.717) is 11.1 Å². The van der Waals surface area contributed by atoms with Crippen LogP contribution in [0.5, 0.6) is 0 Å². The Morgan fingerprint density at radius 3 is 2.24 bits per heavy atom. The van der Waals surface area contributed by atoms with Crippen molar-refractivity contribution in [3.8, 4) is 11.8 Å². The summed E-state index contributed by atoms with van der Waals surface area (Å²) in [5.41, 5.74) is 2.09. The van der Waals surface area contributed by atoms with E-state index in [4.69, 9.17) is 0 Å². The Balaban J connectivity index is 1.89. The fourth-order valence-electron chi connectivity index (χ4n) is 1.75. The van der Waals surface area contributed by atoms with Crippen LogP contribution in [0.4, 0.5) is 0 Å². The van der Waals surface area contributed by atoms with Crippen molar-refractivity contribution >= 4 is 11.7 Å². The Hall–Kier alpha value is -2.86. The lowest BCUT2D eigenvalue weighted by molar-refractivity contribution is 0.0957. The van der Waals surface area contributed by atoms with Gasteiger partial charge in [0, 0.05) is 16.7 Å². The van der Waals surface area contributed by atoms with Crippen LogP contribution in [0, 0.1) is 11.8 Å². The highest BCUT2D eigenvalue weighted by molar-refractivity contribution is 5.94. The molecule has 3 heteroatoms. The molecule has 0 aliphatic rings. The van der Waals surface area contributed by atoms with Crippen LogP contribution in [-0.4, -0.2) is 18.2 Å². The van der Waals surface area contributed by atoms with E-state index in [0.717, 1.165) is 5.56 Å². The second-order valence-electron chi connectivity index (χ2n) is 4.48. The summed E-state index contributed by atoms with van der Waals surface area (Å²) in [6.07, 6.45) is 0. The molecule has 0 bridgehead atoms. The third-order valence-electron chi connectivity index (χ3n) is 2.90. The summed E-state index contributed by atoms with van der Waals surface area (Å²) in [5, 5.41) is 2.73. The largest absolute Gasteiger partial charge is 0.341 e. The molecule has 0 atom stereocenters. The van der Waals surface area contributed by atoms with Crippen molar-refractivity contribution < 1.29 is 9.59 Å². The van der Waals surface area contributed by atoms with Crippen molar-refractivity contribution in [3.05, 3.63) is 71.3 Å². The molecule has 2 aromatic rings. The fraction of sp³-hybridized carbons (Fsp3) is 0.111. The molecule has 0 saturated heterocycles. The van der Waals surface area contributed by atoms with Gasteiger partial charge in [-0.2, -0.15) is 0 Å². The van der Waals surface area contributed by atoms with Crippen LogP contribution < -0.4 is 5.32 Å². The van der Waals surface area contributed by atoms with Gasteiger partial charge < -0.3 is 5.32 Å². The van der Waals surface area contributed by atoms with Gasteiger partial charge in [0.05, 0.1) is 6.54 Å². The number of amides is 1. The summed E-state index contributed by atoms with van der Waals surface area (Å²) < 4.78 is 0. The number of carbonyl (C=O) groups excluding carboxylic acids is 2. The Kier molecular flexibility index (Phi) is 4.89. The zero-order chi connectivity index (χ0) is 15.1. The van der Waals surface area contributed by atoms with Crippen LogP contribution in [0.1, 0.15) is 33.2 Å². The number of Topliss-reactive ketones (excluding diaryl/α,β-unsaturated/α-hetero) is 1. The van der Waals surface area contributed by atoms with Crippen molar-refractivity contribution in [2.75, 3.05) is 6.54 Å². The second kappa shape index (κ2) is 7.06. The van der Waals surface area contributed by atoms with Crippen molar-refractivity contribution in [2.45, 2.75) is 6.92 Å². The molecule has 0 heterocycles. The molecule has 2 rings (SSSR count). The molecule has 0 fully saturated rings. The van der Waals surface area contributed by atoms with Gasteiger partial charge in [0.15, 0.2) is 5.78 Å². The summed E-state index contributed by atoms with van der Waals surface area (Å²) >= 11 is 0. The normalized spacial score (nSPS) is 9.38. The minimum absolute atomic E-state index is 0.0321. The maximum Gasteiger partial charge on any atom is 0.252 e. The lowest BCUT2D eigenvalue weighted by Crippen LogP contribution is -2.23. The van der Waals surface area contributed by atoms with Gasteiger partial charge in [-0.25, -0.2) is 0 Å². The van der Waals surface area contributed by atoms with Crippen molar-refractivity contribution in [1.29, 1.82) is 0 Å². The predicted octanol–water partition coefficient (Wildman–Crippen LogP) is 2.67. The van der Waals surface area contributed by atoms with Gasteiger partial charge in [-0.1, -0.05) is 42.2 Å². The van der Waals surface area contributed by atoms with E-state index >= 15 is 0 Å². The van der Waals surface area contributed by atoms with Gasteiger partial charge in [0.25, 0.3) is 5.91 Å². The maximum atomic E-state index is 11.8. The summed E-state index contributed by atoms with van der Waals surface area (Å²) in [4.78, 5) is 22.9. The van der Waals surface area contributed by atoms with Crippen molar-refractivity contribution in [3.63, 3.8) is 0 Å². The first-order chi connectivity index (χ1) is 10.2. The lowest BCUT2D eigenvalue weighted by Gasteiger charge is -2.00. The minimum atomic E-state index is -0.142. The molecule has 0 radical (unpaired) electrons. The first-order valence-electron chi connectivity index (χ1n) is 6.60. The highest BCUT2D eigenvalue weighted by Crippen LogP contribution is 2.03. The summed E-state index contributed by atoms with van der Waals surface area (Å²) in [6, 6.07) is 16.1. The molecule has 1 amide bonds. The first kappa shape index (κ1) is 14.5. The molecule has 0 unspecified atom stereocenters. The summed E-state index contributed by atoms with van der Waals surface area (Å²) in [7, 11) is 0. The molecule has 0 aromatic heterocycles. The Bertz CT molecular complexity index is 691. The number of carbonyl (C=O) groups is 2. The van der Waals surface area contributed by atoms with E-state index in [1.807, 2.05) is 18.2 Å². The van der Waals surface area contributed by atoms with Gasteiger partial charge >= 0.3 is 0 Å². The Labute approximate surface area is 124 Å². The molecular formula is C18H15NO2. The molecule has 0 saturated carbocycles. The molecule has 1 N–H and O–H groups in total. The number of nitrogens with one attached hydrogen (secondary N) is 1. The van der Waals surface area contributed by atoms with E-state index in [1.54, 1.807) is 36.4 Å². The summed E-state index contributed by atoms with van der Waals surface area (Å²) in [6.45, 7) is 1.81. The van der Waals surface area contributed by atoms with Gasteiger partial charge in [-0.05, 0) is 31.2 Å². The second-order valence-corrected chi connectivity index (χ2v) is 4.48. The predicted molar refractivity (Wildman–Crippen MR) is 82.1 cm³/mol. The highest BCUT2D eigenvalue weighted by atomic mass is 16.1. The third kappa shape index (κ3) is 4.32.